The van der Waals surface area contributed by atoms with Crippen molar-refractivity contribution in [2.75, 3.05) is 7.11 Å². The van der Waals surface area contributed by atoms with E-state index in [1.807, 2.05) is 0 Å². The van der Waals surface area contributed by atoms with Crippen LogP contribution in [0, 0.1) is 5.82 Å². The van der Waals surface area contributed by atoms with Crippen LogP contribution in [0.5, 0.6) is 5.75 Å². The van der Waals surface area contributed by atoms with Crippen molar-refractivity contribution in [2.45, 2.75) is 12.5 Å². The molecule has 0 fully saturated rings. The molecule has 0 saturated heterocycles. The van der Waals surface area contributed by atoms with Crippen LogP contribution >= 0.6 is 0 Å². The maximum absolute atomic E-state index is 13.7. The lowest BCUT2D eigenvalue weighted by Crippen LogP contribution is -2.04. The molecule has 1 aromatic carbocycles. The summed E-state index contributed by atoms with van der Waals surface area (Å²) in [5.41, 5.74) is 1.18. The molecule has 1 atom stereocenters. The first kappa shape index (κ1) is 12.5. The number of aromatic nitrogens is 1. The molecule has 0 radical (unpaired) electrons. The minimum atomic E-state index is -0.877. The highest BCUT2D eigenvalue weighted by atomic mass is 19.1. The van der Waals surface area contributed by atoms with Crippen molar-refractivity contribution < 1.29 is 14.2 Å². The van der Waals surface area contributed by atoms with Crippen molar-refractivity contribution in [2.24, 2.45) is 0 Å². The number of aliphatic hydroxyl groups excluding tert-OH is 1. The van der Waals surface area contributed by atoms with E-state index in [1.165, 1.54) is 13.2 Å². The average Bonchev–Trinajstić information content (AvgIpc) is 2.39. The first-order chi connectivity index (χ1) is 8.70. The van der Waals surface area contributed by atoms with Crippen LogP contribution < -0.4 is 4.74 Å². The molecule has 0 aliphatic carbocycles. The van der Waals surface area contributed by atoms with Gasteiger partial charge >= 0.3 is 0 Å². The molecule has 94 valence electrons. The molecule has 2 rings (SSSR count). The van der Waals surface area contributed by atoms with E-state index in [-0.39, 0.29) is 5.56 Å². The number of benzene rings is 1. The van der Waals surface area contributed by atoms with Gasteiger partial charge in [-0.1, -0.05) is 0 Å². The van der Waals surface area contributed by atoms with Crippen molar-refractivity contribution in [1.82, 2.24) is 4.98 Å². The Morgan fingerprint density at radius 1 is 1.28 bits per heavy atom. The van der Waals surface area contributed by atoms with Gasteiger partial charge in [0.2, 0.25) is 0 Å². The Morgan fingerprint density at radius 3 is 2.61 bits per heavy atom. The van der Waals surface area contributed by atoms with Crippen LogP contribution in [0.4, 0.5) is 4.39 Å². The molecule has 3 nitrogen and oxygen atoms in total. The van der Waals surface area contributed by atoms with Gasteiger partial charge in [-0.15, -0.1) is 0 Å². The second kappa shape index (κ2) is 5.60. The Morgan fingerprint density at radius 2 is 2.00 bits per heavy atom. The fourth-order valence-corrected chi connectivity index (χ4v) is 1.76. The van der Waals surface area contributed by atoms with E-state index in [0.29, 0.717) is 12.2 Å². The zero-order chi connectivity index (χ0) is 13.0. The Bertz CT molecular complexity index is 516. The van der Waals surface area contributed by atoms with Crippen LogP contribution in [0.1, 0.15) is 17.2 Å². The molecule has 18 heavy (non-hydrogen) atoms. The van der Waals surface area contributed by atoms with E-state index in [1.54, 1.807) is 36.7 Å². The number of ether oxygens (including phenoxy) is 1. The summed E-state index contributed by atoms with van der Waals surface area (Å²) in [5.74, 6) is -0.0248. The van der Waals surface area contributed by atoms with E-state index >= 15 is 0 Å². The summed E-state index contributed by atoms with van der Waals surface area (Å²) >= 11 is 0. The molecule has 0 bridgehead atoms. The number of hydrogen-bond acceptors (Lipinski definition) is 3. The smallest absolute Gasteiger partial charge is 0.132 e. The second-order valence-electron chi connectivity index (χ2n) is 3.96. The van der Waals surface area contributed by atoms with Gasteiger partial charge in [0.25, 0.3) is 0 Å². The predicted octanol–water partition coefficient (Wildman–Crippen LogP) is 2.51. The summed E-state index contributed by atoms with van der Waals surface area (Å²) in [4.78, 5) is 3.89. The number of aliphatic hydroxyl groups is 1. The summed E-state index contributed by atoms with van der Waals surface area (Å²) < 4.78 is 18.7. The van der Waals surface area contributed by atoms with Crippen LogP contribution in [0.2, 0.25) is 0 Å². The van der Waals surface area contributed by atoms with Gasteiger partial charge < -0.3 is 9.84 Å². The van der Waals surface area contributed by atoms with E-state index in [0.717, 1.165) is 5.56 Å². The third-order valence-electron chi connectivity index (χ3n) is 2.75. The quantitative estimate of drug-likeness (QED) is 0.902. The average molecular weight is 247 g/mol. The SMILES string of the molecule is COc1ccc(C(O)Cc2ccncc2)c(F)c1. The lowest BCUT2D eigenvalue weighted by Gasteiger charge is -2.12. The minimum Gasteiger partial charge on any atom is -0.497 e. The van der Waals surface area contributed by atoms with Crippen molar-refractivity contribution in [3.63, 3.8) is 0 Å². The molecule has 0 saturated carbocycles. The summed E-state index contributed by atoms with van der Waals surface area (Å²) in [7, 11) is 1.47. The van der Waals surface area contributed by atoms with E-state index in [9.17, 15) is 9.50 Å². The van der Waals surface area contributed by atoms with Gasteiger partial charge in [-0.25, -0.2) is 4.39 Å². The molecule has 4 heteroatoms. The number of rotatable bonds is 4. The van der Waals surface area contributed by atoms with Gasteiger partial charge in [0.05, 0.1) is 13.2 Å². The van der Waals surface area contributed by atoms with E-state index in [4.69, 9.17) is 4.74 Å². The van der Waals surface area contributed by atoms with Crippen molar-refractivity contribution in [3.8, 4) is 5.75 Å². The van der Waals surface area contributed by atoms with Gasteiger partial charge in [-0.3, -0.25) is 4.98 Å². The topological polar surface area (TPSA) is 42.4 Å². The predicted molar refractivity (Wildman–Crippen MR) is 65.9 cm³/mol. The molecule has 0 spiro atoms. The summed E-state index contributed by atoms with van der Waals surface area (Å²) in [6.45, 7) is 0. The highest BCUT2D eigenvalue weighted by Crippen LogP contribution is 2.24. The van der Waals surface area contributed by atoms with Crippen molar-refractivity contribution in [1.29, 1.82) is 0 Å². The number of halogens is 1. The number of nitrogens with zero attached hydrogens (tertiary/aromatic N) is 1. The van der Waals surface area contributed by atoms with E-state index in [2.05, 4.69) is 4.98 Å². The summed E-state index contributed by atoms with van der Waals surface area (Å²) in [6.07, 6.45) is 2.77. The first-order valence-electron chi connectivity index (χ1n) is 5.61. The highest BCUT2D eigenvalue weighted by molar-refractivity contribution is 5.31. The number of methoxy groups -OCH3 is 1. The maximum atomic E-state index is 13.7. The fraction of sp³-hybridized carbons (Fsp3) is 0.214. The lowest BCUT2D eigenvalue weighted by molar-refractivity contribution is 0.173. The standard InChI is InChI=1S/C14H14FNO2/c1-18-11-2-3-12(13(15)9-11)14(17)8-10-4-6-16-7-5-10/h2-7,9,14,17H,8H2,1H3. The fourth-order valence-electron chi connectivity index (χ4n) is 1.76. The largest absolute Gasteiger partial charge is 0.497 e. The van der Waals surface area contributed by atoms with Gasteiger partial charge in [0.1, 0.15) is 11.6 Å². The molecule has 0 amide bonds. The van der Waals surface area contributed by atoms with Gasteiger partial charge in [0, 0.05) is 30.4 Å². The zero-order valence-corrected chi connectivity index (χ0v) is 10.0. The van der Waals surface area contributed by atoms with Gasteiger partial charge in [-0.05, 0) is 29.8 Å². The number of pyridine rings is 1. The highest BCUT2D eigenvalue weighted by Gasteiger charge is 2.14. The van der Waals surface area contributed by atoms with Crippen LogP contribution in [0.3, 0.4) is 0 Å². The van der Waals surface area contributed by atoms with Crippen molar-refractivity contribution in [3.05, 3.63) is 59.7 Å². The maximum Gasteiger partial charge on any atom is 0.132 e. The molecular weight excluding hydrogens is 233 g/mol. The van der Waals surface area contributed by atoms with E-state index < -0.39 is 11.9 Å². The van der Waals surface area contributed by atoms with Crippen molar-refractivity contribution >= 4 is 0 Å². The monoisotopic (exact) mass is 247 g/mol. The van der Waals surface area contributed by atoms with Crippen LogP contribution in [-0.4, -0.2) is 17.2 Å². The molecule has 1 N–H and O–H groups in total. The zero-order valence-electron chi connectivity index (χ0n) is 10.0. The van der Waals surface area contributed by atoms with Crippen LogP contribution in [0.15, 0.2) is 42.7 Å². The Hall–Kier alpha value is -1.94. The molecule has 1 unspecified atom stereocenters. The molecule has 0 aliphatic rings. The third kappa shape index (κ3) is 2.84. The Labute approximate surface area is 105 Å². The van der Waals surface area contributed by atoms with Gasteiger partial charge in [-0.2, -0.15) is 0 Å². The van der Waals surface area contributed by atoms with Crippen LogP contribution in [-0.2, 0) is 6.42 Å². The lowest BCUT2D eigenvalue weighted by atomic mass is 10.0. The molecule has 0 aliphatic heterocycles. The Kier molecular flexibility index (Phi) is 3.89. The normalized spacial score (nSPS) is 12.2. The summed E-state index contributed by atoms with van der Waals surface area (Å²) in [6, 6.07) is 8.04. The number of hydrogen-bond donors (Lipinski definition) is 1. The molecule has 1 aromatic heterocycles. The molecule has 2 aromatic rings. The van der Waals surface area contributed by atoms with Gasteiger partial charge in [0.15, 0.2) is 0 Å². The summed E-state index contributed by atoms with van der Waals surface area (Å²) in [5, 5.41) is 10.0. The minimum absolute atomic E-state index is 0.271. The second-order valence-corrected chi connectivity index (χ2v) is 3.96. The molecular formula is C14H14FNO2. The van der Waals surface area contributed by atoms with Crippen LogP contribution in [0.25, 0.3) is 0 Å². The molecule has 1 heterocycles. The third-order valence-corrected chi connectivity index (χ3v) is 2.75. The first-order valence-corrected chi connectivity index (χ1v) is 5.61. The Balaban J connectivity index is 2.16.